The van der Waals surface area contributed by atoms with E-state index in [2.05, 4.69) is 27.8 Å². The van der Waals surface area contributed by atoms with E-state index in [4.69, 9.17) is 0 Å². The number of aromatic nitrogens is 2. The van der Waals surface area contributed by atoms with E-state index in [0.717, 1.165) is 34.7 Å². The van der Waals surface area contributed by atoms with Crippen molar-refractivity contribution in [2.45, 2.75) is 39.3 Å². The highest BCUT2D eigenvalue weighted by Crippen LogP contribution is 2.32. The van der Waals surface area contributed by atoms with Gasteiger partial charge in [-0.15, -0.1) is 11.3 Å². The first-order chi connectivity index (χ1) is 12.6. The average molecular weight is 371 g/mol. The molecule has 0 spiro atoms. The van der Waals surface area contributed by atoms with Crippen LogP contribution in [0.4, 0.5) is 4.79 Å². The molecule has 1 atom stereocenters. The third-order valence-corrected chi connectivity index (χ3v) is 5.91. The van der Waals surface area contributed by atoms with Gasteiger partial charge in [0.15, 0.2) is 0 Å². The molecule has 4 rings (SSSR count). The van der Waals surface area contributed by atoms with Gasteiger partial charge in [0, 0.05) is 41.3 Å². The highest BCUT2D eigenvalue weighted by Gasteiger charge is 2.35. The molecule has 1 unspecified atom stereocenters. The van der Waals surface area contributed by atoms with Crippen LogP contribution in [0, 0.1) is 0 Å². The number of thiophene rings is 1. The van der Waals surface area contributed by atoms with Crippen molar-refractivity contribution in [3.63, 3.8) is 0 Å². The van der Waals surface area contributed by atoms with E-state index in [1.54, 1.807) is 6.92 Å². The number of nitrogens with one attached hydrogen (secondary N) is 3. The first-order valence-electron chi connectivity index (χ1n) is 8.74. The normalized spacial score (nSPS) is 19.8. The fourth-order valence-corrected chi connectivity index (χ4v) is 4.42. The van der Waals surface area contributed by atoms with Crippen molar-refractivity contribution in [1.29, 1.82) is 0 Å². The van der Waals surface area contributed by atoms with E-state index in [0.29, 0.717) is 24.4 Å². The number of hydrogen-bond acceptors (Lipinski definition) is 4. The maximum absolute atomic E-state index is 13.4. The minimum absolute atomic E-state index is 0.0395. The van der Waals surface area contributed by atoms with Gasteiger partial charge in [-0.2, -0.15) is 5.10 Å². The van der Waals surface area contributed by atoms with Crippen molar-refractivity contribution in [1.82, 2.24) is 25.7 Å². The van der Waals surface area contributed by atoms with E-state index < -0.39 is 6.04 Å². The molecule has 7 nitrogen and oxygen atoms in total. The summed E-state index contributed by atoms with van der Waals surface area (Å²) in [6.45, 7) is 5.05. The predicted octanol–water partition coefficient (Wildman–Crippen LogP) is 2.25. The third-order valence-electron chi connectivity index (χ3n) is 4.97. The van der Waals surface area contributed by atoms with E-state index >= 15 is 0 Å². The Morgan fingerprint density at radius 3 is 3.04 bits per heavy atom. The van der Waals surface area contributed by atoms with Crippen molar-refractivity contribution in [3.05, 3.63) is 50.6 Å². The van der Waals surface area contributed by atoms with Crippen LogP contribution >= 0.6 is 11.3 Å². The van der Waals surface area contributed by atoms with Crippen molar-refractivity contribution < 1.29 is 9.59 Å². The number of hydrogen-bond donors (Lipinski definition) is 3. The minimum atomic E-state index is -0.410. The second kappa shape index (κ2) is 6.60. The SMILES string of the molecule is CCc1n[nH]c2c1CN(C(=O)C1=C(C)NC(=O)NC1c1cccs1)CC2. The van der Waals surface area contributed by atoms with Crippen LogP contribution in [0.2, 0.25) is 0 Å². The number of allylic oxidation sites excluding steroid dienone is 1. The fraction of sp³-hybridized carbons (Fsp3) is 0.389. The zero-order valence-corrected chi connectivity index (χ0v) is 15.6. The molecule has 3 N–H and O–H groups in total. The largest absolute Gasteiger partial charge is 0.334 e. The number of carbonyl (C=O) groups excluding carboxylic acids is 2. The third kappa shape index (κ3) is 2.80. The summed E-state index contributed by atoms with van der Waals surface area (Å²) in [5.41, 5.74) is 4.50. The van der Waals surface area contributed by atoms with E-state index in [-0.39, 0.29) is 11.9 Å². The number of nitrogens with zero attached hydrogens (tertiary/aromatic N) is 2. The van der Waals surface area contributed by atoms with E-state index in [1.807, 2.05) is 22.4 Å². The van der Waals surface area contributed by atoms with Crippen LogP contribution in [-0.2, 0) is 24.2 Å². The second-order valence-corrected chi connectivity index (χ2v) is 7.52. The van der Waals surface area contributed by atoms with Gasteiger partial charge in [0.1, 0.15) is 0 Å². The monoisotopic (exact) mass is 371 g/mol. The number of H-pyrrole nitrogens is 1. The Morgan fingerprint density at radius 2 is 2.31 bits per heavy atom. The summed E-state index contributed by atoms with van der Waals surface area (Å²) in [7, 11) is 0. The molecule has 0 radical (unpaired) electrons. The molecule has 4 heterocycles. The maximum Gasteiger partial charge on any atom is 0.319 e. The number of urea groups is 1. The second-order valence-electron chi connectivity index (χ2n) is 6.54. The topological polar surface area (TPSA) is 90.1 Å². The molecule has 2 aliphatic heterocycles. The smallest absolute Gasteiger partial charge is 0.319 e. The molecule has 2 aromatic heterocycles. The number of fused-ring (bicyclic) bond motifs is 1. The quantitative estimate of drug-likeness (QED) is 0.773. The zero-order valence-electron chi connectivity index (χ0n) is 14.8. The lowest BCUT2D eigenvalue weighted by molar-refractivity contribution is -0.128. The maximum atomic E-state index is 13.4. The van der Waals surface area contributed by atoms with Gasteiger partial charge in [-0.05, 0) is 24.8 Å². The van der Waals surface area contributed by atoms with Crippen LogP contribution in [0.3, 0.4) is 0 Å². The summed E-state index contributed by atoms with van der Waals surface area (Å²) < 4.78 is 0. The lowest BCUT2D eigenvalue weighted by atomic mass is 9.97. The summed E-state index contributed by atoms with van der Waals surface area (Å²) in [6.07, 6.45) is 1.61. The minimum Gasteiger partial charge on any atom is -0.334 e. The standard InChI is InChI=1S/C18H21N5O2S/c1-3-12-11-9-23(7-6-13(11)22-21-12)17(24)15-10(2)19-18(25)20-16(15)14-5-4-8-26-14/h4-5,8,16H,3,6-7,9H2,1-2H3,(H,21,22)(H2,19,20,25). The van der Waals surface area contributed by atoms with Gasteiger partial charge >= 0.3 is 6.03 Å². The molecule has 2 aliphatic rings. The Hall–Kier alpha value is -2.61. The molecule has 3 amide bonds. The number of carbonyl (C=O) groups is 2. The Bertz CT molecular complexity index is 870. The molecule has 2 aromatic rings. The number of amides is 3. The van der Waals surface area contributed by atoms with Gasteiger partial charge in [-0.1, -0.05) is 13.0 Å². The average Bonchev–Trinajstić information content (AvgIpc) is 3.29. The molecule has 0 saturated carbocycles. The van der Waals surface area contributed by atoms with Crippen LogP contribution in [0.15, 0.2) is 28.8 Å². The number of rotatable bonds is 3. The first-order valence-corrected chi connectivity index (χ1v) is 9.62. The molecule has 0 bridgehead atoms. The van der Waals surface area contributed by atoms with Gasteiger partial charge in [-0.25, -0.2) is 4.79 Å². The lowest BCUT2D eigenvalue weighted by Gasteiger charge is -2.33. The lowest BCUT2D eigenvalue weighted by Crippen LogP contribution is -2.48. The Labute approximate surface area is 155 Å². The predicted molar refractivity (Wildman–Crippen MR) is 98.5 cm³/mol. The number of aromatic amines is 1. The van der Waals surface area contributed by atoms with Gasteiger partial charge in [0.2, 0.25) is 0 Å². The molecule has 8 heteroatoms. The molecular weight excluding hydrogens is 350 g/mol. The van der Waals surface area contributed by atoms with E-state index in [9.17, 15) is 9.59 Å². The Morgan fingerprint density at radius 1 is 1.46 bits per heavy atom. The highest BCUT2D eigenvalue weighted by molar-refractivity contribution is 7.10. The van der Waals surface area contributed by atoms with Crippen LogP contribution in [0.5, 0.6) is 0 Å². The zero-order chi connectivity index (χ0) is 18.3. The Balaban J connectivity index is 1.66. The van der Waals surface area contributed by atoms with Gasteiger partial charge in [0.25, 0.3) is 5.91 Å². The molecule has 26 heavy (non-hydrogen) atoms. The summed E-state index contributed by atoms with van der Waals surface area (Å²) in [5, 5.41) is 15.0. The van der Waals surface area contributed by atoms with E-state index in [1.165, 1.54) is 11.3 Å². The fourth-order valence-electron chi connectivity index (χ4n) is 3.64. The molecule has 0 aromatic carbocycles. The molecule has 0 saturated heterocycles. The summed E-state index contributed by atoms with van der Waals surface area (Å²) >= 11 is 1.53. The van der Waals surface area contributed by atoms with Crippen LogP contribution < -0.4 is 10.6 Å². The van der Waals surface area contributed by atoms with Crippen LogP contribution in [0.25, 0.3) is 0 Å². The first kappa shape index (κ1) is 16.8. The van der Waals surface area contributed by atoms with Crippen LogP contribution in [-0.4, -0.2) is 33.6 Å². The van der Waals surface area contributed by atoms with Gasteiger partial charge < -0.3 is 15.5 Å². The van der Waals surface area contributed by atoms with Crippen LogP contribution in [0.1, 0.15) is 41.7 Å². The van der Waals surface area contributed by atoms with Crippen molar-refractivity contribution in [2.75, 3.05) is 6.54 Å². The Kier molecular flexibility index (Phi) is 4.28. The van der Waals surface area contributed by atoms with Gasteiger partial charge in [-0.3, -0.25) is 9.89 Å². The van der Waals surface area contributed by atoms with Crippen molar-refractivity contribution in [3.8, 4) is 0 Å². The molecular formula is C18H21N5O2S. The molecule has 136 valence electrons. The summed E-state index contributed by atoms with van der Waals surface area (Å²) in [5.74, 6) is -0.0395. The summed E-state index contributed by atoms with van der Waals surface area (Å²) in [6, 6.07) is 3.19. The highest BCUT2D eigenvalue weighted by atomic mass is 32.1. The van der Waals surface area contributed by atoms with Crippen molar-refractivity contribution >= 4 is 23.3 Å². The number of aryl methyl sites for hydroxylation is 1. The summed E-state index contributed by atoms with van der Waals surface area (Å²) in [4.78, 5) is 28.1. The molecule has 0 aliphatic carbocycles. The van der Waals surface area contributed by atoms with Crippen molar-refractivity contribution in [2.24, 2.45) is 0 Å². The molecule has 0 fully saturated rings. The van der Waals surface area contributed by atoms with Gasteiger partial charge in [0.05, 0.1) is 17.3 Å².